The predicted molar refractivity (Wildman–Crippen MR) is 65.0 cm³/mol. The summed E-state index contributed by atoms with van der Waals surface area (Å²) in [7, 11) is 2.09. The molecule has 1 heterocycles. The molecule has 1 N–H and O–H groups in total. The first kappa shape index (κ1) is 11.2. The Labute approximate surface area is 93.7 Å². The van der Waals surface area contributed by atoms with Gasteiger partial charge < -0.3 is 10.2 Å². The van der Waals surface area contributed by atoms with Crippen LogP contribution in [0.4, 0.5) is 0 Å². The maximum atomic E-state index is 3.39. The maximum absolute atomic E-state index is 3.39. The third-order valence-corrected chi connectivity index (χ3v) is 3.89. The number of likely N-dealkylation sites (tertiary alicyclic amines) is 1. The van der Waals surface area contributed by atoms with Crippen LogP contribution in [0.1, 0.15) is 32.1 Å². The van der Waals surface area contributed by atoms with Gasteiger partial charge in [-0.05, 0) is 58.2 Å². The van der Waals surface area contributed by atoms with Crippen molar-refractivity contribution in [1.29, 1.82) is 0 Å². The highest BCUT2D eigenvalue weighted by atomic mass is 15.1. The molecule has 0 aromatic heterocycles. The Hall–Kier alpha value is -0.340. The Bertz CT molecular complexity index is 205. The van der Waals surface area contributed by atoms with Crippen molar-refractivity contribution in [3.8, 4) is 0 Å². The van der Waals surface area contributed by atoms with Crippen LogP contribution in [-0.2, 0) is 0 Å². The molecule has 1 unspecified atom stereocenters. The van der Waals surface area contributed by atoms with Crippen LogP contribution in [0.3, 0.4) is 0 Å². The smallest absolute Gasteiger partial charge is 0.00884 e. The van der Waals surface area contributed by atoms with E-state index in [1.54, 1.807) is 0 Å². The van der Waals surface area contributed by atoms with Crippen molar-refractivity contribution in [2.24, 2.45) is 5.92 Å². The molecule has 0 saturated carbocycles. The molecule has 2 aliphatic rings. The van der Waals surface area contributed by atoms with Crippen molar-refractivity contribution in [2.75, 3.05) is 26.7 Å². The lowest BCUT2D eigenvalue weighted by atomic mass is 9.93. The van der Waals surface area contributed by atoms with E-state index in [4.69, 9.17) is 0 Å². The van der Waals surface area contributed by atoms with E-state index >= 15 is 0 Å². The number of allylic oxidation sites excluding steroid dienone is 2. The van der Waals surface area contributed by atoms with Crippen molar-refractivity contribution < 1.29 is 0 Å². The molecule has 2 nitrogen and oxygen atoms in total. The van der Waals surface area contributed by atoms with Gasteiger partial charge in [-0.25, -0.2) is 0 Å². The van der Waals surface area contributed by atoms with Gasteiger partial charge in [0.15, 0.2) is 0 Å². The Kier molecular flexibility index (Phi) is 4.21. The summed E-state index contributed by atoms with van der Waals surface area (Å²) < 4.78 is 0. The van der Waals surface area contributed by atoms with Crippen LogP contribution in [0.15, 0.2) is 12.2 Å². The monoisotopic (exact) mass is 208 g/mol. The van der Waals surface area contributed by atoms with Gasteiger partial charge in [0.25, 0.3) is 0 Å². The average molecular weight is 208 g/mol. The summed E-state index contributed by atoms with van der Waals surface area (Å²) in [5.74, 6) is 0.932. The first-order chi connectivity index (χ1) is 7.38. The van der Waals surface area contributed by atoms with Gasteiger partial charge in [0, 0.05) is 12.6 Å². The van der Waals surface area contributed by atoms with Gasteiger partial charge in [-0.2, -0.15) is 0 Å². The molecule has 0 aromatic carbocycles. The first-order valence-corrected chi connectivity index (χ1v) is 6.43. The second-order valence-corrected chi connectivity index (χ2v) is 5.01. The Morgan fingerprint density at radius 2 is 2.00 bits per heavy atom. The van der Waals surface area contributed by atoms with Gasteiger partial charge in [-0.3, -0.25) is 0 Å². The zero-order chi connectivity index (χ0) is 10.5. The molecule has 1 aliphatic carbocycles. The summed E-state index contributed by atoms with van der Waals surface area (Å²) >= 11 is 0. The number of nitrogens with zero attached hydrogens (tertiary/aromatic N) is 1. The van der Waals surface area contributed by atoms with E-state index in [-0.39, 0.29) is 0 Å². The van der Waals surface area contributed by atoms with E-state index in [0.29, 0.717) is 0 Å². The molecule has 0 bridgehead atoms. The predicted octanol–water partition coefficient (Wildman–Crippen LogP) is 2.03. The lowest BCUT2D eigenvalue weighted by Crippen LogP contribution is -2.43. The molecular formula is C13H24N2. The van der Waals surface area contributed by atoms with Gasteiger partial charge in [0.2, 0.25) is 0 Å². The molecule has 15 heavy (non-hydrogen) atoms. The standard InChI is InChI=1S/C13H24N2/c1-14-13-7-9-15(10-8-13)11-12-5-3-2-4-6-12/h2-3,12-14H,4-11H2,1H3. The van der Waals surface area contributed by atoms with Crippen molar-refractivity contribution in [1.82, 2.24) is 10.2 Å². The second-order valence-electron chi connectivity index (χ2n) is 5.01. The summed E-state index contributed by atoms with van der Waals surface area (Å²) in [6, 6.07) is 0.771. The normalized spacial score (nSPS) is 29.5. The summed E-state index contributed by atoms with van der Waals surface area (Å²) in [5, 5.41) is 3.39. The Balaban J connectivity index is 1.69. The molecule has 0 spiro atoms. The molecule has 1 atom stereocenters. The second kappa shape index (κ2) is 5.66. The van der Waals surface area contributed by atoms with Gasteiger partial charge in [-0.15, -0.1) is 0 Å². The highest BCUT2D eigenvalue weighted by Crippen LogP contribution is 2.21. The fraction of sp³-hybridized carbons (Fsp3) is 0.846. The maximum Gasteiger partial charge on any atom is 0.00884 e. The molecule has 1 aliphatic heterocycles. The van der Waals surface area contributed by atoms with E-state index in [9.17, 15) is 0 Å². The van der Waals surface area contributed by atoms with E-state index in [2.05, 4.69) is 29.4 Å². The van der Waals surface area contributed by atoms with Gasteiger partial charge in [-0.1, -0.05) is 12.2 Å². The topological polar surface area (TPSA) is 15.3 Å². The molecule has 86 valence electrons. The van der Waals surface area contributed by atoms with Gasteiger partial charge in [0.1, 0.15) is 0 Å². The molecule has 0 aromatic rings. The lowest BCUT2D eigenvalue weighted by Gasteiger charge is -2.34. The van der Waals surface area contributed by atoms with Crippen LogP contribution >= 0.6 is 0 Å². The zero-order valence-corrected chi connectivity index (χ0v) is 9.91. The van der Waals surface area contributed by atoms with Gasteiger partial charge >= 0.3 is 0 Å². The van der Waals surface area contributed by atoms with Crippen molar-refractivity contribution in [3.05, 3.63) is 12.2 Å². The quantitative estimate of drug-likeness (QED) is 0.714. The molecule has 0 amide bonds. The number of piperidine rings is 1. The minimum absolute atomic E-state index is 0.771. The van der Waals surface area contributed by atoms with Crippen molar-refractivity contribution in [2.45, 2.75) is 38.1 Å². The van der Waals surface area contributed by atoms with E-state index < -0.39 is 0 Å². The van der Waals surface area contributed by atoms with E-state index in [0.717, 1.165) is 12.0 Å². The highest BCUT2D eigenvalue weighted by Gasteiger charge is 2.20. The van der Waals surface area contributed by atoms with Crippen molar-refractivity contribution >= 4 is 0 Å². The van der Waals surface area contributed by atoms with Crippen LogP contribution in [0, 0.1) is 5.92 Å². The van der Waals surface area contributed by atoms with E-state index in [1.807, 2.05) is 0 Å². The number of hydrogen-bond donors (Lipinski definition) is 1. The third kappa shape index (κ3) is 3.32. The van der Waals surface area contributed by atoms with E-state index in [1.165, 1.54) is 51.7 Å². The summed E-state index contributed by atoms with van der Waals surface area (Å²) in [4.78, 5) is 2.66. The molecule has 1 fully saturated rings. The fourth-order valence-electron chi connectivity index (χ4n) is 2.79. The van der Waals surface area contributed by atoms with Crippen LogP contribution in [0.2, 0.25) is 0 Å². The summed E-state index contributed by atoms with van der Waals surface area (Å²) in [6.07, 6.45) is 11.4. The van der Waals surface area contributed by atoms with Crippen molar-refractivity contribution in [3.63, 3.8) is 0 Å². The molecule has 2 rings (SSSR count). The van der Waals surface area contributed by atoms with Crippen LogP contribution in [-0.4, -0.2) is 37.6 Å². The highest BCUT2D eigenvalue weighted by molar-refractivity contribution is 4.91. The van der Waals surface area contributed by atoms with Crippen LogP contribution < -0.4 is 5.32 Å². The molecule has 2 heteroatoms. The molecular weight excluding hydrogens is 184 g/mol. The Morgan fingerprint density at radius 1 is 1.20 bits per heavy atom. The average Bonchev–Trinajstić information content (AvgIpc) is 2.31. The lowest BCUT2D eigenvalue weighted by molar-refractivity contribution is 0.170. The summed E-state index contributed by atoms with van der Waals surface area (Å²) in [6.45, 7) is 3.93. The number of nitrogens with one attached hydrogen (secondary N) is 1. The summed E-state index contributed by atoms with van der Waals surface area (Å²) in [5.41, 5.74) is 0. The minimum atomic E-state index is 0.771. The first-order valence-electron chi connectivity index (χ1n) is 6.43. The number of rotatable bonds is 3. The largest absolute Gasteiger partial charge is 0.317 e. The minimum Gasteiger partial charge on any atom is -0.317 e. The zero-order valence-electron chi connectivity index (χ0n) is 9.91. The van der Waals surface area contributed by atoms with Crippen LogP contribution in [0.5, 0.6) is 0 Å². The third-order valence-electron chi connectivity index (χ3n) is 3.89. The SMILES string of the molecule is CNC1CCN(CC2CC=CCC2)CC1. The number of hydrogen-bond acceptors (Lipinski definition) is 2. The Morgan fingerprint density at radius 3 is 2.60 bits per heavy atom. The molecule has 1 saturated heterocycles. The van der Waals surface area contributed by atoms with Gasteiger partial charge in [0.05, 0.1) is 0 Å². The van der Waals surface area contributed by atoms with Crippen LogP contribution in [0.25, 0.3) is 0 Å². The fourth-order valence-corrected chi connectivity index (χ4v) is 2.79. The molecule has 0 radical (unpaired) electrons.